The van der Waals surface area contributed by atoms with E-state index in [1.807, 2.05) is 55.7 Å². The number of nitrogens with zero attached hydrogens (tertiary/aromatic N) is 6. The summed E-state index contributed by atoms with van der Waals surface area (Å²) < 4.78 is 9.33. The molecule has 1 atom stereocenters. The van der Waals surface area contributed by atoms with Crippen LogP contribution < -0.4 is 0 Å². The predicted octanol–water partition coefficient (Wildman–Crippen LogP) is 5.02. The van der Waals surface area contributed by atoms with E-state index in [1.54, 1.807) is 0 Å². The van der Waals surface area contributed by atoms with Gasteiger partial charge in [-0.2, -0.15) is 0 Å². The minimum absolute atomic E-state index is 0.0463. The van der Waals surface area contributed by atoms with Gasteiger partial charge in [0.15, 0.2) is 22.6 Å². The first kappa shape index (κ1) is 24.9. The second-order valence-electron chi connectivity index (χ2n) is 8.93. The quantitative estimate of drug-likeness (QED) is 0.227. The summed E-state index contributed by atoms with van der Waals surface area (Å²) >= 11 is 1.43. The van der Waals surface area contributed by atoms with Crippen LogP contribution in [0.25, 0.3) is 5.82 Å². The van der Waals surface area contributed by atoms with E-state index < -0.39 is 0 Å². The lowest BCUT2D eigenvalue weighted by Gasteiger charge is -2.23. The van der Waals surface area contributed by atoms with Crippen molar-refractivity contribution in [3.05, 3.63) is 76.6 Å². The van der Waals surface area contributed by atoms with Crippen LogP contribution in [0.5, 0.6) is 0 Å². The van der Waals surface area contributed by atoms with Crippen molar-refractivity contribution in [3.63, 3.8) is 0 Å². The zero-order valence-electron chi connectivity index (χ0n) is 21.1. The van der Waals surface area contributed by atoms with E-state index in [1.165, 1.54) is 17.3 Å². The zero-order chi connectivity index (χ0) is 25.1. The van der Waals surface area contributed by atoms with Crippen molar-refractivity contribution in [3.8, 4) is 5.82 Å². The molecule has 4 aromatic rings. The van der Waals surface area contributed by atoms with Gasteiger partial charge in [0.25, 0.3) is 0 Å². The SMILES string of the molecule is CCC(c1nnc(SCC(=O)c2cc(C)n(-c3cc(C)on3)c2C)n1Cc1ccccc1)N(C)C. The molecule has 3 aromatic heterocycles. The highest BCUT2D eigenvalue weighted by molar-refractivity contribution is 7.99. The van der Waals surface area contributed by atoms with E-state index in [2.05, 4.69) is 58.0 Å². The van der Waals surface area contributed by atoms with E-state index in [-0.39, 0.29) is 17.6 Å². The molecule has 35 heavy (non-hydrogen) atoms. The number of rotatable bonds is 10. The van der Waals surface area contributed by atoms with Gasteiger partial charge < -0.3 is 9.09 Å². The van der Waals surface area contributed by atoms with Crippen molar-refractivity contribution >= 4 is 17.5 Å². The summed E-state index contributed by atoms with van der Waals surface area (Å²) in [5.74, 6) is 2.65. The summed E-state index contributed by atoms with van der Waals surface area (Å²) in [6.45, 7) is 8.56. The molecule has 4 rings (SSSR count). The summed E-state index contributed by atoms with van der Waals surface area (Å²) in [6.07, 6.45) is 0.914. The minimum Gasteiger partial charge on any atom is -0.360 e. The number of carbonyl (C=O) groups is 1. The molecule has 0 N–H and O–H groups in total. The summed E-state index contributed by atoms with van der Waals surface area (Å²) in [6, 6.07) is 14.2. The van der Waals surface area contributed by atoms with Crippen molar-refractivity contribution in [1.29, 1.82) is 0 Å². The van der Waals surface area contributed by atoms with Gasteiger partial charge in [0.1, 0.15) is 5.76 Å². The molecular weight excluding hydrogens is 460 g/mol. The smallest absolute Gasteiger partial charge is 0.192 e. The van der Waals surface area contributed by atoms with Crippen molar-refractivity contribution in [2.24, 2.45) is 0 Å². The Balaban J connectivity index is 1.59. The van der Waals surface area contributed by atoms with Gasteiger partial charge in [-0.25, -0.2) is 0 Å². The molecule has 0 spiro atoms. The summed E-state index contributed by atoms with van der Waals surface area (Å²) in [5.41, 5.74) is 3.65. The molecule has 0 radical (unpaired) electrons. The fourth-order valence-corrected chi connectivity index (χ4v) is 5.24. The molecule has 0 aliphatic rings. The van der Waals surface area contributed by atoms with Crippen molar-refractivity contribution < 1.29 is 9.32 Å². The number of hydrogen-bond acceptors (Lipinski definition) is 7. The highest BCUT2D eigenvalue weighted by atomic mass is 32.2. The molecule has 0 saturated carbocycles. The molecule has 0 fully saturated rings. The Labute approximate surface area is 210 Å². The molecule has 1 aromatic carbocycles. The fraction of sp³-hybridized carbons (Fsp3) is 0.385. The maximum atomic E-state index is 13.3. The molecule has 0 aliphatic carbocycles. The van der Waals surface area contributed by atoms with Crippen molar-refractivity contribution in [1.82, 2.24) is 29.4 Å². The van der Waals surface area contributed by atoms with Gasteiger partial charge in [0.2, 0.25) is 0 Å². The molecular formula is C26H32N6O2S. The second kappa shape index (κ2) is 10.6. The van der Waals surface area contributed by atoms with Gasteiger partial charge in [0, 0.05) is 23.0 Å². The second-order valence-corrected chi connectivity index (χ2v) is 9.87. The van der Waals surface area contributed by atoms with E-state index in [0.717, 1.165) is 34.5 Å². The molecule has 0 aliphatic heterocycles. The molecule has 3 heterocycles. The molecule has 9 heteroatoms. The Morgan fingerprint density at radius 3 is 2.49 bits per heavy atom. The zero-order valence-corrected chi connectivity index (χ0v) is 22.0. The third-order valence-electron chi connectivity index (χ3n) is 6.15. The summed E-state index contributed by atoms with van der Waals surface area (Å²) in [4.78, 5) is 15.4. The third kappa shape index (κ3) is 5.26. The molecule has 0 saturated heterocycles. The van der Waals surface area contributed by atoms with Crippen LogP contribution in [0.3, 0.4) is 0 Å². The average Bonchev–Trinajstić information content (AvgIpc) is 3.51. The number of hydrogen-bond donors (Lipinski definition) is 0. The van der Waals surface area contributed by atoms with Crippen LogP contribution in [-0.4, -0.2) is 55.0 Å². The number of Topliss-reactive ketones (excluding diaryl/α,β-unsaturated/α-hetero) is 1. The molecule has 0 bridgehead atoms. The Bertz CT molecular complexity index is 1300. The van der Waals surface area contributed by atoms with Crippen LogP contribution >= 0.6 is 11.8 Å². The van der Waals surface area contributed by atoms with Gasteiger partial charge in [-0.15, -0.1) is 10.2 Å². The highest BCUT2D eigenvalue weighted by Crippen LogP contribution is 2.28. The van der Waals surface area contributed by atoms with Gasteiger partial charge in [-0.05, 0) is 52.9 Å². The molecule has 184 valence electrons. The van der Waals surface area contributed by atoms with Crippen LogP contribution in [0.2, 0.25) is 0 Å². The Morgan fingerprint density at radius 1 is 1.11 bits per heavy atom. The molecule has 8 nitrogen and oxygen atoms in total. The monoisotopic (exact) mass is 492 g/mol. The standard InChI is InChI=1S/C26H32N6O2S/c1-7-22(30(5)6)25-27-28-26(31(25)15-20-11-9-8-10-12-20)35-16-23(33)21-13-17(2)32(19(21)4)24-14-18(3)34-29-24/h8-14,22H,7,15-16H2,1-6H3. The number of benzene rings is 1. The Morgan fingerprint density at radius 2 is 1.86 bits per heavy atom. The maximum absolute atomic E-state index is 13.3. The number of aryl methyl sites for hydroxylation is 2. The van der Waals surface area contributed by atoms with Crippen LogP contribution in [0, 0.1) is 20.8 Å². The normalized spacial score (nSPS) is 12.4. The average molecular weight is 493 g/mol. The first-order valence-electron chi connectivity index (χ1n) is 11.7. The number of carbonyl (C=O) groups excluding carboxylic acids is 1. The van der Waals surface area contributed by atoms with Gasteiger partial charge >= 0.3 is 0 Å². The summed E-state index contributed by atoms with van der Waals surface area (Å²) in [7, 11) is 4.11. The first-order chi connectivity index (χ1) is 16.8. The third-order valence-corrected chi connectivity index (χ3v) is 7.11. The Hall–Kier alpha value is -3.17. The largest absolute Gasteiger partial charge is 0.360 e. The molecule has 1 unspecified atom stereocenters. The lowest BCUT2D eigenvalue weighted by molar-refractivity contribution is 0.102. The van der Waals surface area contributed by atoms with Crippen LogP contribution in [-0.2, 0) is 6.54 Å². The van der Waals surface area contributed by atoms with E-state index in [9.17, 15) is 4.79 Å². The van der Waals surface area contributed by atoms with Crippen molar-refractivity contribution in [2.45, 2.75) is 51.9 Å². The number of aromatic nitrogens is 5. The number of ketones is 1. The lowest BCUT2D eigenvalue weighted by Crippen LogP contribution is -2.23. The van der Waals surface area contributed by atoms with Crippen LogP contribution in [0.15, 0.2) is 52.1 Å². The minimum atomic E-state index is 0.0463. The van der Waals surface area contributed by atoms with Crippen LogP contribution in [0.4, 0.5) is 0 Å². The predicted molar refractivity (Wildman–Crippen MR) is 137 cm³/mol. The maximum Gasteiger partial charge on any atom is 0.192 e. The van der Waals surface area contributed by atoms with Gasteiger partial charge in [-0.1, -0.05) is 54.2 Å². The van der Waals surface area contributed by atoms with E-state index >= 15 is 0 Å². The highest BCUT2D eigenvalue weighted by Gasteiger charge is 2.24. The number of thioether (sulfide) groups is 1. The van der Waals surface area contributed by atoms with Gasteiger partial charge in [0.05, 0.1) is 18.3 Å². The fourth-order valence-electron chi connectivity index (χ4n) is 4.41. The first-order valence-corrected chi connectivity index (χ1v) is 12.7. The van der Waals surface area contributed by atoms with Crippen LogP contribution in [0.1, 0.15) is 58.3 Å². The molecule has 0 amide bonds. The van der Waals surface area contributed by atoms with E-state index in [4.69, 9.17) is 4.52 Å². The summed E-state index contributed by atoms with van der Waals surface area (Å²) in [5, 5.41) is 13.9. The topological polar surface area (TPSA) is 82.0 Å². The Kier molecular flexibility index (Phi) is 7.57. The van der Waals surface area contributed by atoms with E-state index in [0.29, 0.717) is 17.9 Å². The van der Waals surface area contributed by atoms with Crippen molar-refractivity contribution in [2.75, 3.05) is 19.8 Å². The van der Waals surface area contributed by atoms with Gasteiger partial charge in [-0.3, -0.25) is 14.3 Å². The lowest BCUT2D eigenvalue weighted by atomic mass is 10.2.